The van der Waals surface area contributed by atoms with E-state index in [-0.39, 0.29) is 17.7 Å². The number of hydrogen-bond donors (Lipinski definition) is 2. The van der Waals surface area contributed by atoms with Crippen molar-refractivity contribution >= 4 is 11.9 Å². The van der Waals surface area contributed by atoms with Gasteiger partial charge in [0, 0.05) is 12.1 Å². The zero-order valence-electron chi connectivity index (χ0n) is 11.5. The van der Waals surface area contributed by atoms with Crippen LogP contribution in [0.5, 0.6) is 0 Å². The van der Waals surface area contributed by atoms with E-state index in [4.69, 9.17) is 5.11 Å². The summed E-state index contributed by atoms with van der Waals surface area (Å²) < 4.78 is 0. The van der Waals surface area contributed by atoms with E-state index in [0.717, 1.165) is 11.4 Å². The number of carboxylic acids is 1. The quantitative estimate of drug-likeness (QED) is 0.865. The lowest BCUT2D eigenvalue weighted by molar-refractivity contribution is -0.144. The second kappa shape index (κ2) is 6.45. The topological polar surface area (TPSA) is 92.2 Å². The van der Waals surface area contributed by atoms with Crippen molar-refractivity contribution in [3.63, 3.8) is 0 Å². The number of aliphatic carboxylic acids is 1. The van der Waals surface area contributed by atoms with Gasteiger partial charge in [-0.1, -0.05) is 0 Å². The molecule has 1 aromatic rings. The largest absolute Gasteiger partial charge is 0.481 e. The normalized spacial score (nSPS) is 22.2. The number of nitrogens with one attached hydrogen (secondary N) is 1. The molecule has 0 aliphatic heterocycles. The van der Waals surface area contributed by atoms with Crippen molar-refractivity contribution < 1.29 is 14.7 Å². The highest BCUT2D eigenvalue weighted by Gasteiger charge is 2.29. The van der Waals surface area contributed by atoms with Crippen LogP contribution in [0.4, 0.5) is 0 Å². The molecule has 1 amide bonds. The summed E-state index contributed by atoms with van der Waals surface area (Å²) in [5.41, 5.74) is 1.57. The van der Waals surface area contributed by atoms with E-state index in [1.54, 1.807) is 12.4 Å². The van der Waals surface area contributed by atoms with Gasteiger partial charge in [-0.3, -0.25) is 19.6 Å². The predicted molar refractivity (Wildman–Crippen MR) is 71.7 cm³/mol. The number of carbonyl (C=O) groups is 2. The van der Waals surface area contributed by atoms with Crippen molar-refractivity contribution in [1.82, 2.24) is 15.3 Å². The van der Waals surface area contributed by atoms with Gasteiger partial charge in [0.1, 0.15) is 0 Å². The van der Waals surface area contributed by atoms with Gasteiger partial charge >= 0.3 is 5.97 Å². The van der Waals surface area contributed by atoms with Crippen molar-refractivity contribution in [3.8, 4) is 0 Å². The molecule has 1 aliphatic rings. The molecule has 1 saturated carbocycles. The van der Waals surface area contributed by atoms with E-state index in [9.17, 15) is 9.59 Å². The van der Waals surface area contributed by atoms with E-state index < -0.39 is 5.97 Å². The summed E-state index contributed by atoms with van der Waals surface area (Å²) in [6.45, 7) is 2.22. The Hall–Kier alpha value is -1.98. The average molecular weight is 277 g/mol. The third-order valence-corrected chi connectivity index (χ3v) is 3.73. The van der Waals surface area contributed by atoms with Crippen molar-refractivity contribution in [2.75, 3.05) is 0 Å². The number of carboxylic acid groups (broad SMARTS) is 1. The van der Waals surface area contributed by atoms with Crippen LogP contribution in [0.15, 0.2) is 12.4 Å². The highest BCUT2D eigenvalue weighted by molar-refractivity contribution is 5.79. The third-order valence-electron chi connectivity index (χ3n) is 3.73. The lowest BCUT2D eigenvalue weighted by atomic mass is 9.81. The Kier molecular flexibility index (Phi) is 4.65. The van der Waals surface area contributed by atoms with E-state index in [1.165, 1.54) is 0 Å². The number of hydrogen-bond acceptors (Lipinski definition) is 4. The Morgan fingerprint density at radius 1 is 1.20 bits per heavy atom. The number of amides is 1. The molecule has 0 atom stereocenters. The van der Waals surface area contributed by atoms with Crippen LogP contribution in [0.3, 0.4) is 0 Å². The summed E-state index contributed by atoms with van der Waals surface area (Å²) in [6.07, 6.45) is 5.76. The fraction of sp³-hybridized carbons (Fsp3) is 0.571. The standard InChI is InChI=1S/C14H19N3O3/c1-9-6-16-12(7-15-9)8-17-13(18)10-2-4-11(5-3-10)14(19)20/h6-7,10-11H,2-5,8H2,1H3,(H,17,18)(H,19,20). The minimum atomic E-state index is -0.751. The average Bonchev–Trinajstić information content (AvgIpc) is 2.46. The maximum absolute atomic E-state index is 12.0. The number of rotatable bonds is 4. The van der Waals surface area contributed by atoms with Crippen LogP contribution in [-0.4, -0.2) is 27.0 Å². The first kappa shape index (κ1) is 14.4. The molecular weight excluding hydrogens is 258 g/mol. The van der Waals surface area contributed by atoms with Crippen LogP contribution in [0, 0.1) is 18.8 Å². The minimum absolute atomic E-state index is 0.0174. The molecule has 6 nitrogen and oxygen atoms in total. The molecule has 1 heterocycles. The summed E-state index contributed by atoms with van der Waals surface area (Å²) in [6, 6.07) is 0. The summed E-state index contributed by atoms with van der Waals surface area (Å²) >= 11 is 0. The predicted octanol–water partition coefficient (Wildman–Crippen LogP) is 1.29. The molecule has 0 unspecified atom stereocenters. The molecule has 0 bridgehead atoms. The van der Waals surface area contributed by atoms with Gasteiger partial charge in [-0.15, -0.1) is 0 Å². The minimum Gasteiger partial charge on any atom is -0.481 e. The van der Waals surface area contributed by atoms with E-state index in [1.807, 2.05) is 6.92 Å². The number of carbonyl (C=O) groups excluding carboxylic acids is 1. The van der Waals surface area contributed by atoms with Gasteiger partial charge in [0.15, 0.2) is 0 Å². The summed E-state index contributed by atoms with van der Waals surface area (Å²) in [5.74, 6) is -1.14. The van der Waals surface area contributed by atoms with Crippen LogP contribution in [0.2, 0.25) is 0 Å². The second-order valence-electron chi connectivity index (χ2n) is 5.25. The summed E-state index contributed by atoms with van der Waals surface area (Å²) in [7, 11) is 0. The van der Waals surface area contributed by atoms with Crippen LogP contribution in [-0.2, 0) is 16.1 Å². The molecule has 6 heteroatoms. The van der Waals surface area contributed by atoms with Gasteiger partial charge in [-0.2, -0.15) is 0 Å². The fourth-order valence-electron chi connectivity index (χ4n) is 2.44. The Morgan fingerprint density at radius 2 is 1.85 bits per heavy atom. The zero-order chi connectivity index (χ0) is 14.5. The highest BCUT2D eigenvalue weighted by Crippen LogP contribution is 2.28. The lowest BCUT2D eigenvalue weighted by Gasteiger charge is -2.25. The van der Waals surface area contributed by atoms with Crippen LogP contribution >= 0.6 is 0 Å². The highest BCUT2D eigenvalue weighted by atomic mass is 16.4. The van der Waals surface area contributed by atoms with Gasteiger partial charge in [0.2, 0.25) is 5.91 Å². The van der Waals surface area contributed by atoms with Crippen molar-refractivity contribution in [2.45, 2.75) is 39.2 Å². The number of aryl methyl sites for hydroxylation is 1. The fourth-order valence-corrected chi connectivity index (χ4v) is 2.44. The molecule has 1 aliphatic carbocycles. The van der Waals surface area contributed by atoms with E-state index in [2.05, 4.69) is 15.3 Å². The maximum Gasteiger partial charge on any atom is 0.306 e. The first-order valence-corrected chi connectivity index (χ1v) is 6.84. The third kappa shape index (κ3) is 3.76. The van der Waals surface area contributed by atoms with Crippen molar-refractivity contribution in [3.05, 3.63) is 23.8 Å². The Morgan fingerprint density at radius 3 is 2.40 bits per heavy atom. The smallest absolute Gasteiger partial charge is 0.306 e. The van der Waals surface area contributed by atoms with E-state index >= 15 is 0 Å². The second-order valence-corrected chi connectivity index (χ2v) is 5.25. The molecule has 1 fully saturated rings. The lowest BCUT2D eigenvalue weighted by Crippen LogP contribution is -2.34. The number of nitrogens with zero attached hydrogens (tertiary/aromatic N) is 2. The molecule has 0 saturated heterocycles. The molecule has 20 heavy (non-hydrogen) atoms. The summed E-state index contributed by atoms with van der Waals surface area (Å²) in [4.78, 5) is 31.2. The first-order chi connectivity index (χ1) is 9.56. The molecule has 2 N–H and O–H groups in total. The monoisotopic (exact) mass is 277 g/mol. The van der Waals surface area contributed by atoms with Gasteiger partial charge in [0.05, 0.1) is 30.0 Å². The molecule has 0 aromatic carbocycles. The summed E-state index contributed by atoms with van der Waals surface area (Å²) in [5, 5.41) is 11.8. The first-order valence-electron chi connectivity index (χ1n) is 6.84. The number of aromatic nitrogens is 2. The Labute approximate surface area is 117 Å². The van der Waals surface area contributed by atoms with Gasteiger partial charge < -0.3 is 10.4 Å². The molecule has 0 spiro atoms. The molecule has 0 radical (unpaired) electrons. The SMILES string of the molecule is Cc1cnc(CNC(=O)C2CCC(C(=O)O)CC2)cn1. The van der Waals surface area contributed by atoms with Gasteiger partial charge in [-0.25, -0.2) is 0 Å². The maximum atomic E-state index is 12.0. The van der Waals surface area contributed by atoms with Crippen LogP contribution < -0.4 is 5.32 Å². The van der Waals surface area contributed by atoms with Crippen molar-refractivity contribution in [1.29, 1.82) is 0 Å². The zero-order valence-corrected chi connectivity index (χ0v) is 11.5. The van der Waals surface area contributed by atoms with Crippen LogP contribution in [0.1, 0.15) is 37.1 Å². The van der Waals surface area contributed by atoms with Crippen LogP contribution in [0.25, 0.3) is 0 Å². The molecule has 2 rings (SSSR count). The molecular formula is C14H19N3O3. The van der Waals surface area contributed by atoms with E-state index in [0.29, 0.717) is 32.2 Å². The van der Waals surface area contributed by atoms with Crippen molar-refractivity contribution in [2.24, 2.45) is 11.8 Å². The molecule has 1 aromatic heterocycles. The Balaban J connectivity index is 1.78. The Bertz CT molecular complexity index is 479. The molecule has 108 valence electrons. The van der Waals surface area contributed by atoms with Gasteiger partial charge in [-0.05, 0) is 32.6 Å². The van der Waals surface area contributed by atoms with Gasteiger partial charge in [0.25, 0.3) is 0 Å².